The molecule has 12 heavy (non-hydrogen) atoms. The highest BCUT2D eigenvalue weighted by Gasteiger charge is 2.03. The normalized spacial score (nSPS) is 13.2. The zero-order chi connectivity index (χ0) is 9.23. The summed E-state index contributed by atoms with van der Waals surface area (Å²) in [5.41, 5.74) is 0. The van der Waals surface area contributed by atoms with Crippen molar-refractivity contribution in [3.8, 4) is 0 Å². The molecule has 1 atom stereocenters. The third-order valence-corrected chi connectivity index (χ3v) is 3.16. The van der Waals surface area contributed by atoms with E-state index in [2.05, 4.69) is 30.9 Å². The van der Waals surface area contributed by atoms with E-state index in [0.717, 1.165) is 5.92 Å². The van der Waals surface area contributed by atoms with Crippen LogP contribution in [0.5, 0.6) is 0 Å². The molecule has 0 amide bonds. The summed E-state index contributed by atoms with van der Waals surface area (Å²) in [5, 5.41) is 3.25. The van der Waals surface area contributed by atoms with E-state index in [1.165, 1.54) is 37.3 Å². The predicted octanol–water partition coefficient (Wildman–Crippen LogP) is 2.77. The first-order valence-corrected chi connectivity index (χ1v) is 6.22. The molecule has 0 aromatic rings. The van der Waals surface area contributed by atoms with Crippen molar-refractivity contribution in [2.75, 3.05) is 25.1 Å². The lowest BCUT2D eigenvalue weighted by Gasteiger charge is -2.13. The van der Waals surface area contributed by atoms with Gasteiger partial charge < -0.3 is 5.32 Å². The van der Waals surface area contributed by atoms with E-state index in [1.807, 2.05) is 7.05 Å². The SMILES string of the molecule is CCSCCCC(CC)CNC. The molecule has 0 heterocycles. The van der Waals surface area contributed by atoms with Crippen LogP contribution in [0.2, 0.25) is 0 Å². The lowest BCUT2D eigenvalue weighted by Crippen LogP contribution is -2.18. The molecule has 0 rings (SSSR count). The summed E-state index contributed by atoms with van der Waals surface area (Å²) >= 11 is 2.06. The van der Waals surface area contributed by atoms with Crippen LogP contribution in [0.15, 0.2) is 0 Å². The van der Waals surface area contributed by atoms with Crippen molar-refractivity contribution >= 4 is 11.8 Å². The highest BCUT2D eigenvalue weighted by molar-refractivity contribution is 7.99. The Kier molecular flexibility index (Phi) is 9.64. The van der Waals surface area contributed by atoms with Crippen LogP contribution in [0.25, 0.3) is 0 Å². The molecule has 0 spiro atoms. The Hall–Kier alpha value is 0.310. The molecule has 74 valence electrons. The standard InChI is InChI=1S/C10H23NS/c1-4-10(9-11-3)7-6-8-12-5-2/h10-11H,4-9H2,1-3H3. The summed E-state index contributed by atoms with van der Waals surface area (Å²) in [7, 11) is 2.05. The van der Waals surface area contributed by atoms with Gasteiger partial charge in [-0.3, -0.25) is 0 Å². The maximum absolute atomic E-state index is 3.25. The van der Waals surface area contributed by atoms with Crippen molar-refractivity contribution in [2.45, 2.75) is 33.1 Å². The lowest BCUT2D eigenvalue weighted by molar-refractivity contribution is 0.447. The van der Waals surface area contributed by atoms with Gasteiger partial charge in [-0.15, -0.1) is 0 Å². The van der Waals surface area contributed by atoms with Crippen molar-refractivity contribution in [3.63, 3.8) is 0 Å². The van der Waals surface area contributed by atoms with Gasteiger partial charge in [-0.2, -0.15) is 11.8 Å². The fourth-order valence-corrected chi connectivity index (χ4v) is 2.02. The molecule has 0 radical (unpaired) electrons. The monoisotopic (exact) mass is 189 g/mol. The van der Waals surface area contributed by atoms with E-state index in [0.29, 0.717) is 0 Å². The van der Waals surface area contributed by atoms with Gasteiger partial charge in [0.05, 0.1) is 0 Å². The third kappa shape index (κ3) is 6.99. The molecule has 0 saturated carbocycles. The van der Waals surface area contributed by atoms with Gasteiger partial charge in [0, 0.05) is 0 Å². The molecule has 0 bridgehead atoms. The fourth-order valence-electron chi connectivity index (χ4n) is 1.36. The molecule has 0 aromatic heterocycles. The third-order valence-electron chi connectivity index (χ3n) is 2.18. The second-order valence-corrected chi connectivity index (χ2v) is 4.56. The molecule has 0 saturated heterocycles. The molecule has 0 aliphatic heterocycles. The predicted molar refractivity (Wildman–Crippen MR) is 59.9 cm³/mol. The topological polar surface area (TPSA) is 12.0 Å². The molecule has 0 fully saturated rings. The van der Waals surface area contributed by atoms with Crippen LogP contribution >= 0.6 is 11.8 Å². The van der Waals surface area contributed by atoms with Crippen LogP contribution in [0.1, 0.15) is 33.1 Å². The number of hydrogen-bond acceptors (Lipinski definition) is 2. The minimum Gasteiger partial charge on any atom is -0.319 e. The summed E-state index contributed by atoms with van der Waals surface area (Å²) in [4.78, 5) is 0. The van der Waals surface area contributed by atoms with Crippen molar-refractivity contribution < 1.29 is 0 Å². The van der Waals surface area contributed by atoms with Crippen LogP contribution < -0.4 is 5.32 Å². The summed E-state index contributed by atoms with van der Waals surface area (Å²) in [6, 6.07) is 0. The zero-order valence-electron chi connectivity index (χ0n) is 8.73. The quantitative estimate of drug-likeness (QED) is 0.589. The van der Waals surface area contributed by atoms with E-state index in [1.54, 1.807) is 0 Å². The number of nitrogens with one attached hydrogen (secondary N) is 1. The first kappa shape index (κ1) is 12.3. The van der Waals surface area contributed by atoms with E-state index < -0.39 is 0 Å². The van der Waals surface area contributed by atoms with Crippen molar-refractivity contribution in [2.24, 2.45) is 5.92 Å². The second-order valence-electron chi connectivity index (χ2n) is 3.17. The minimum atomic E-state index is 0.896. The van der Waals surface area contributed by atoms with Crippen molar-refractivity contribution in [1.29, 1.82) is 0 Å². The molecule has 1 nitrogen and oxygen atoms in total. The number of thioether (sulfide) groups is 1. The van der Waals surface area contributed by atoms with Gasteiger partial charge in [0.25, 0.3) is 0 Å². The number of hydrogen-bond donors (Lipinski definition) is 1. The molecule has 1 unspecified atom stereocenters. The van der Waals surface area contributed by atoms with E-state index in [9.17, 15) is 0 Å². The highest BCUT2D eigenvalue weighted by atomic mass is 32.2. The van der Waals surface area contributed by atoms with Gasteiger partial charge in [-0.1, -0.05) is 20.3 Å². The zero-order valence-corrected chi connectivity index (χ0v) is 9.54. The Morgan fingerprint density at radius 2 is 2.08 bits per heavy atom. The van der Waals surface area contributed by atoms with Gasteiger partial charge in [-0.25, -0.2) is 0 Å². The van der Waals surface area contributed by atoms with Crippen LogP contribution in [0.3, 0.4) is 0 Å². The van der Waals surface area contributed by atoms with Gasteiger partial charge in [0.1, 0.15) is 0 Å². The Labute approximate surface area is 81.7 Å². The van der Waals surface area contributed by atoms with E-state index in [-0.39, 0.29) is 0 Å². The van der Waals surface area contributed by atoms with E-state index in [4.69, 9.17) is 0 Å². The summed E-state index contributed by atoms with van der Waals surface area (Å²) in [6.07, 6.45) is 4.10. The van der Waals surface area contributed by atoms with Crippen LogP contribution in [0, 0.1) is 5.92 Å². The summed E-state index contributed by atoms with van der Waals surface area (Å²) in [5.74, 6) is 3.51. The molecular formula is C10H23NS. The van der Waals surface area contributed by atoms with E-state index >= 15 is 0 Å². The number of rotatable bonds is 8. The maximum atomic E-state index is 3.25. The Bertz CT molecular complexity index is 85.9. The van der Waals surface area contributed by atoms with Crippen molar-refractivity contribution in [1.82, 2.24) is 5.32 Å². The molecule has 0 aliphatic rings. The first-order chi connectivity index (χ1) is 5.85. The Morgan fingerprint density at radius 3 is 2.58 bits per heavy atom. The van der Waals surface area contributed by atoms with Gasteiger partial charge in [-0.05, 0) is 43.9 Å². The molecule has 2 heteroatoms. The van der Waals surface area contributed by atoms with Crippen LogP contribution in [-0.4, -0.2) is 25.1 Å². The highest BCUT2D eigenvalue weighted by Crippen LogP contribution is 2.12. The molecule has 1 N–H and O–H groups in total. The summed E-state index contributed by atoms with van der Waals surface area (Å²) < 4.78 is 0. The van der Waals surface area contributed by atoms with Crippen LogP contribution in [0.4, 0.5) is 0 Å². The van der Waals surface area contributed by atoms with Crippen LogP contribution in [-0.2, 0) is 0 Å². The largest absolute Gasteiger partial charge is 0.319 e. The Balaban J connectivity index is 3.19. The maximum Gasteiger partial charge on any atom is -0.00236 e. The summed E-state index contributed by atoms with van der Waals surface area (Å²) in [6.45, 7) is 5.71. The molecular weight excluding hydrogens is 166 g/mol. The van der Waals surface area contributed by atoms with Gasteiger partial charge in [0.15, 0.2) is 0 Å². The first-order valence-electron chi connectivity index (χ1n) is 5.07. The van der Waals surface area contributed by atoms with Gasteiger partial charge in [0.2, 0.25) is 0 Å². The Morgan fingerprint density at radius 1 is 1.33 bits per heavy atom. The molecule has 0 aliphatic carbocycles. The average Bonchev–Trinajstić information content (AvgIpc) is 2.10. The second kappa shape index (κ2) is 9.40. The fraction of sp³-hybridized carbons (Fsp3) is 1.00. The smallest absolute Gasteiger partial charge is 0.00236 e. The van der Waals surface area contributed by atoms with Gasteiger partial charge >= 0.3 is 0 Å². The van der Waals surface area contributed by atoms with Crippen molar-refractivity contribution in [3.05, 3.63) is 0 Å². The molecule has 0 aromatic carbocycles. The minimum absolute atomic E-state index is 0.896. The lowest BCUT2D eigenvalue weighted by atomic mass is 10.0. The average molecular weight is 189 g/mol.